The third kappa shape index (κ3) is 2.49. The van der Waals surface area contributed by atoms with Gasteiger partial charge in [-0.1, -0.05) is 6.92 Å². The topological polar surface area (TPSA) is 74.4 Å². The molecule has 0 bridgehead atoms. The molecule has 20 heavy (non-hydrogen) atoms. The average Bonchev–Trinajstić information content (AvgIpc) is 2.95. The summed E-state index contributed by atoms with van der Waals surface area (Å²) in [5.74, 6) is 1.73. The van der Waals surface area contributed by atoms with Crippen molar-refractivity contribution in [3.05, 3.63) is 11.6 Å². The zero-order valence-corrected chi connectivity index (χ0v) is 12.1. The van der Waals surface area contributed by atoms with Crippen molar-refractivity contribution in [1.29, 1.82) is 0 Å². The van der Waals surface area contributed by atoms with E-state index < -0.39 is 0 Å². The van der Waals surface area contributed by atoms with Crippen LogP contribution in [0.15, 0.2) is 0 Å². The Morgan fingerprint density at radius 1 is 1.45 bits per heavy atom. The summed E-state index contributed by atoms with van der Waals surface area (Å²) in [6.45, 7) is 5.22. The van der Waals surface area contributed by atoms with Crippen LogP contribution < -0.4 is 0 Å². The number of aryl methyl sites for hydroxylation is 1. The summed E-state index contributed by atoms with van der Waals surface area (Å²) in [6, 6.07) is 0. The minimum absolute atomic E-state index is 0.209. The fourth-order valence-electron chi connectivity index (χ4n) is 3.11. The van der Waals surface area contributed by atoms with E-state index in [1.165, 1.54) is 0 Å². The highest BCUT2D eigenvalue weighted by Gasteiger charge is 2.46. The molecular weight excluding hydrogens is 258 g/mol. The average molecular weight is 279 g/mol. The van der Waals surface area contributed by atoms with Crippen molar-refractivity contribution in [2.45, 2.75) is 38.3 Å². The monoisotopic (exact) mass is 279 g/mol. The van der Waals surface area contributed by atoms with Crippen LogP contribution in [0.25, 0.3) is 0 Å². The van der Waals surface area contributed by atoms with Gasteiger partial charge >= 0.3 is 6.09 Å². The van der Waals surface area contributed by atoms with Crippen LogP contribution in [0.4, 0.5) is 4.79 Å². The molecule has 7 heteroatoms. The molecule has 0 aromatic carbocycles. The molecule has 0 radical (unpaired) electrons. The molecule has 1 atom stereocenters. The number of rotatable bonds is 3. The van der Waals surface area contributed by atoms with Gasteiger partial charge in [-0.25, -0.2) is 9.78 Å². The number of likely N-dealkylation sites (N-methyl/N-ethyl adjacent to an activating group) is 1. The number of nitrogens with one attached hydrogen (secondary N) is 1. The Balaban J connectivity index is 1.65. The summed E-state index contributed by atoms with van der Waals surface area (Å²) in [5.41, 5.74) is -0.336. The van der Waals surface area contributed by atoms with Crippen LogP contribution in [-0.4, -0.2) is 63.4 Å². The number of amides is 1. The van der Waals surface area contributed by atoms with Crippen molar-refractivity contribution < 1.29 is 9.53 Å². The van der Waals surface area contributed by atoms with Gasteiger partial charge in [0.25, 0.3) is 0 Å². The van der Waals surface area contributed by atoms with Crippen LogP contribution in [0.3, 0.4) is 0 Å². The third-order valence-electron chi connectivity index (χ3n) is 4.03. The number of carbonyl (C=O) groups is 1. The minimum atomic E-state index is -0.336. The zero-order chi connectivity index (χ0) is 14.2. The Morgan fingerprint density at radius 2 is 2.30 bits per heavy atom. The number of carbonyl (C=O) groups excluding carboxylic acids is 1. The van der Waals surface area contributed by atoms with E-state index in [9.17, 15) is 4.79 Å². The molecular formula is C13H21N5O2. The van der Waals surface area contributed by atoms with Crippen molar-refractivity contribution in [2.24, 2.45) is 0 Å². The molecule has 1 amide bonds. The smallest absolute Gasteiger partial charge is 0.410 e. The maximum atomic E-state index is 11.6. The largest absolute Gasteiger partial charge is 0.440 e. The maximum absolute atomic E-state index is 11.6. The summed E-state index contributed by atoms with van der Waals surface area (Å²) in [5, 5.41) is 7.14. The van der Waals surface area contributed by atoms with Crippen molar-refractivity contribution in [2.75, 3.05) is 26.7 Å². The fourth-order valence-corrected chi connectivity index (χ4v) is 3.11. The Bertz CT molecular complexity index is 503. The maximum Gasteiger partial charge on any atom is 0.410 e. The number of H-pyrrole nitrogens is 1. The number of hydrogen-bond acceptors (Lipinski definition) is 5. The molecule has 2 saturated heterocycles. The highest BCUT2D eigenvalue weighted by Crippen LogP contribution is 2.31. The molecule has 7 nitrogen and oxygen atoms in total. The summed E-state index contributed by atoms with van der Waals surface area (Å²) in [6.07, 6.45) is 2.61. The number of hydrogen-bond donors (Lipinski definition) is 1. The SMILES string of the molecule is CCc1n[nH]c(CN2CCCC3(C2)CN(C)C(=O)O3)n1. The molecule has 2 fully saturated rings. The molecule has 3 heterocycles. The van der Waals surface area contributed by atoms with Gasteiger partial charge in [0.15, 0.2) is 0 Å². The molecule has 1 spiro atoms. The number of nitrogens with zero attached hydrogens (tertiary/aromatic N) is 4. The van der Waals surface area contributed by atoms with Gasteiger partial charge in [-0.3, -0.25) is 10.00 Å². The summed E-state index contributed by atoms with van der Waals surface area (Å²) in [7, 11) is 1.79. The lowest BCUT2D eigenvalue weighted by molar-refractivity contribution is -0.0120. The highest BCUT2D eigenvalue weighted by molar-refractivity contribution is 5.70. The van der Waals surface area contributed by atoms with Gasteiger partial charge in [0, 0.05) is 20.0 Å². The van der Waals surface area contributed by atoms with Gasteiger partial charge in [0.05, 0.1) is 13.1 Å². The van der Waals surface area contributed by atoms with Crippen LogP contribution in [-0.2, 0) is 17.7 Å². The van der Waals surface area contributed by atoms with Crippen LogP contribution >= 0.6 is 0 Å². The number of aromatic amines is 1. The first-order valence-electron chi connectivity index (χ1n) is 7.17. The second-order valence-corrected chi connectivity index (χ2v) is 5.77. The van der Waals surface area contributed by atoms with Gasteiger partial charge in [0.2, 0.25) is 0 Å². The Labute approximate surface area is 118 Å². The number of aromatic nitrogens is 3. The quantitative estimate of drug-likeness (QED) is 0.885. The van der Waals surface area contributed by atoms with Crippen molar-refractivity contribution in [3.63, 3.8) is 0 Å². The number of piperidine rings is 1. The molecule has 1 unspecified atom stereocenters. The predicted octanol–water partition coefficient (Wildman–Crippen LogP) is 0.784. The van der Waals surface area contributed by atoms with Crippen molar-refractivity contribution >= 4 is 6.09 Å². The van der Waals surface area contributed by atoms with Crippen LogP contribution in [0.1, 0.15) is 31.4 Å². The van der Waals surface area contributed by atoms with E-state index in [1.54, 1.807) is 11.9 Å². The first-order chi connectivity index (χ1) is 9.60. The van der Waals surface area contributed by atoms with E-state index in [0.717, 1.165) is 50.5 Å². The summed E-state index contributed by atoms with van der Waals surface area (Å²) in [4.78, 5) is 20.0. The molecule has 1 aromatic heterocycles. The molecule has 0 aliphatic carbocycles. The Hall–Kier alpha value is -1.63. The third-order valence-corrected chi connectivity index (χ3v) is 4.03. The van der Waals surface area contributed by atoms with E-state index in [-0.39, 0.29) is 11.7 Å². The normalized spacial score (nSPS) is 27.3. The summed E-state index contributed by atoms with van der Waals surface area (Å²) < 4.78 is 5.60. The molecule has 3 rings (SSSR count). The first-order valence-corrected chi connectivity index (χ1v) is 7.17. The zero-order valence-electron chi connectivity index (χ0n) is 12.1. The van der Waals surface area contributed by atoms with Crippen molar-refractivity contribution in [3.8, 4) is 0 Å². The second kappa shape index (κ2) is 5.05. The molecule has 1 aromatic rings. The molecule has 110 valence electrons. The van der Waals surface area contributed by atoms with E-state index >= 15 is 0 Å². The van der Waals surface area contributed by atoms with Gasteiger partial charge in [0.1, 0.15) is 17.2 Å². The Kier molecular flexibility index (Phi) is 3.37. The second-order valence-electron chi connectivity index (χ2n) is 5.77. The van der Waals surface area contributed by atoms with E-state index in [4.69, 9.17) is 4.74 Å². The van der Waals surface area contributed by atoms with E-state index in [1.807, 2.05) is 6.92 Å². The molecule has 1 N–H and O–H groups in total. The van der Waals surface area contributed by atoms with Crippen LogP contribution in [0.5, 0.6) is 0 Å². The fraction of sp³-hybridized carbons (Fsp3) is 0.769. The Morgan fingerprint density at radius 3 is 2.95 bits per heavy atom. The lowest BCUT2D eigenvalue weighted by atomic mass is 9.93. The molecule has 2 aliphatic rings. The number of ether oxygens (including phenoxy) is 1. The van der Waals surface area contributed by atoms with Crippen LogP contribution in [0, 0.1) is 0 Å². The standard InChI is InChI=1S/C13H21N5O2/c1-3-10-14-11(16-15-10)7-18-6-4-5-13(9-18)8-17(2)12(19)20-13/h3-9H2,1-2H3,(H,14,15,16). The minimum Gasteiger partial charge on any atom is -0.440 e. The molecule has 2 aliphatic heterocycles. The number of likely N-dealkylation sites (tertiary alicyclic amines) is 1. The van der Waals surface area contributed by atoms with Gasteiger partial charge in [-0.2, -0.15) is 5.10 Å². The molecule has 0 saturated carbocycles. The van der Waals surface area contributed by atoms with Crippen molar-refractivity contribution in [1.82, 2.24) is 25.0 Å². The van der Waals surface area contributed by atoms with E-state index in [2.05, 4.69) is 20.1 Å². The highest BCUT2D eigenvalue weighted by atomic mass is 16.6. The summed E-state index contributed by atoms with van der Waals surface area (Å²) >= 11 is 0. The van der Waals surface area contributed by atoms with Crippen LogP contribution in [0.2, 0.25) is 0 Å². The van der Waals surface area contributed by atoms with Gasteiger partial charge in [-0.15, -0.1) is 0 Å². The first kappa shape index (κ1) is 13.4. The van der Waals surface area contributed by atoms with Gasteiger partial charge in [-0.05, 0) is 19.4 Å². The van der Waals surface area contributed by atoms with Gasteiger partial charge < -0.3 is 9.64 Å². The predicted molar refractivity (Wildman–Crippen MR) is 72.1 cm³/mol. The van der Waals surface area contributed by atoms with E-state index in [0.29, 0.717) is 6.54 Å². The lowest BCUT2D eigenvalue weighted by Crippen LogP contribution is -2.50. The lowest BCUT2D eigenvalue weighted by Gasteiger charge is -2.37.